The van der Waals surface area contributed by atoms with Gasteiger partial charge in [-0.3, -0.25) is 14.4 Å². The van der Waals surface area contributed by atoms with E-state index in [1.165, 1.54) is 0 Å². The largest absolute Gasteiger partial charge is 0.318 e. The monoisotopic (exact) mass is 351 g/mol. The van der Waals surface area contributed by atoms with Crippen molar-refractivity contribution in [3.63, 3.8) is 0 Å². The summed E-state index contributed by atoms with van der Waals surface area (Å²) < 4.78 is 0. The number of nitrogens with one attached hydrogen (secondary N) is 2. The van der Waals surface area contributed by atoms with Gasteiger partial charge in [-0.15, -0.1) is 0 Å². The lowest BCUT2D eigenvalue weighted by Gasteiger charge is -2.16. The van der Waals surface area contributed by atoms with Crippen LogP contribution in [0.4, 0.5) is 17.1 Å². The molecule has 134 valence electrons. The van der Waals surface area contributed by atoms with Gasteiger partial charge in [-0.25, -0.2) is 0 Å². The summed E-state index contributed by atoms with van der Waals surface area (Å²) in [6.07, 6.45) is 2.27. The maximum absolute atomic E-state index is 12.1. The van der Waals surface area contributed by atoms with E-state index in [4.69, 9.17) is 0 Å². The molecule has 0 aromatic heterocycles. The summed E-state index contributed by atoms with van der Waals surface area (Å²) in [5.41, 5.74) is 2.92. The van der Waals surface area contributed by atoms with Crippen LogP contribution in [0.3, 0.4) is 0 Å². The van der Waals surface area contributed by atoms with Crippen molar-refractivity contribution in [2.45, 2.75) is 26.2 Å². The molecule has 0 atom stereocenters. The van der Waals surface area contributed by atoms with Crippen LogP contribution in [0.15, 0.2) is 48.5 Å². The second-order valence-corrected chi connectivity index (χ2v) is 6.16. The Morgan fingerprint density at radius 1 is 1.00 bits per heavy atom. The first-order chi connectivity index (χ1) is 12.6. The molecule has 6 nitrogen and oxygen atoms in total. The summed E-state index contributed by atoms with van der Waals surface area (Å²) in [5, 5.41) is 5.15. The fourth-order valence-electron chi connectivity index (χ4n) is 2.87. The quantitative estimate of drug-likeness (QED) is 0.831. The molecule has 0 saturated carbocycles. The molecule has 0 radical (unpaired) electrons. The normalized spacial score (nSPS) is 13.6. The van der Waals surface area contributed by atoms with Gasteiger partial charge in [0, 0.05) is 30.0 Å². The first-order valence-electron chi connectivity index (χ1n) is 8.68. The zero-order valence-electron chi connectivity index (χ0n) is 14.6. The van der Waals surface area contributed by atoms with Crippen LogP contribution in [0.5, 0.6) is 0 Å². The lowest BCUT2D eigenvalue weighted by atomic mass is 10.1. The minimum atomic E-state index is -0.755. The molecule has 3 rings (SSSR count). The fraction of sp³-hybridized carbons (Fsp3) is 0.250. The van der Waals surface area contributed by atoms with Gasteiger partial charge in [0.15, 0.2) is 0 Å². The second-order valence-electron chi connectivity index (χ2n) is 6.16. The Bertz CT molecular complexity index is 830. The van der Waals surface area contributed by atoms with Crippen LogP contribution < -0.4 is 15.5 Å². The molecule has 1 saturated heterocycles. The van der Waals surface area contributed by atoms with E-state index >= 15 is 0 Å². The van der Waals surface area contributed by atoms with Gasteiger partial charge in [-0.05, 0) is 48.7 Å². The Morgan fingerprint density at radius 2 is 1.69 bits per heavy atom. The van der Waals surface area contributed by atoms with Gasteiger partial charge in [0.1, 0.15) is 0 Å². The Hall–Kier alpha value is -3.15. The number of carbonyl (C=O) groups excluding carboxylic acids is 3. The molecule has 1 aliphatic heterocycles. The molecule has 26 heavy (non-hydrogen) atoms. The average molecular weight is 351 g/mol. The smallest absolute Gasteiger partial charge is 0.314 e. The van der Waals surface area contributed by atoms with Crippen molar-refractivity contribution in [3.8, 4) is 0 Å². The van der Waals surface area contributed by atoms with Gasteiger partial charge in [-0.1, -0.05) is 25.1 Å². The van der Waals surface area contributed by atoms with Crippen LogP contribution in [-0.2, 0) is 20.8 Å². The molecule has 3 amide bonds. The summed E-state index contributed by atoms with van der Waals surface area (Å²) in [5.74, 6) is -1.42. The molecule has 0 bridgehead atoms. The summed E-state index contributed by atoms with van der Waals surface area (Å²) >= 11 is 0. The second kappa shape index (κ2) is 7.82. The van der Waals surface area contributed by atoms with E-state index in [0.717, 1.165) is 24.1 Å². The lowest BCUT2D eigenvalue weighted by molar-refractivity contribution is -0.132. The minimum Gasteiger partial charge on any atom is -0.318 e. The van der Waals surface area contributed by atoms with E-state index in [0.29, 0.717) is 24.3 Å². The van der Waals surface area contributed by atoms with Crippen LogP contribution in [0, 0.1) is 0 Å². The highest BCUT2D eigenvalue weighted by molar-refractivity contribution is 6.43. The molecule has 2 N–H and O–H groups in total. The van der Waals surface area contributed by atoms with Gasteiger partial charge in [0.25, 0.3) is 0 Å². The number of carbonyl (C=O) groups is 3. The highest BCUT2D eigenvalue weighted by Crippen LogP contribution is 2.24. The Morgan fingerprint density at radius 3 is 2.31 bits per heavy atom. The van der Waals surface area contributed by atoms with E-state index in [-0.39, 0.29) is 5.91 Å². The number of nitrogens with zero attached hydrogens (tertiary/aromatic N) is 1. The Labute approximate surface area is 152 Å². The van der Waals surface area contributed by atoms with E-state index < -0.39 is 11.8 Å². The van der Waals surface area contributed by atoms with Crippen molar-refractivity contribution in [2.24, 2.45) is 0 Å². The third-order valence-corrected chi connectivity index (χ3v) is 4.32. The van der Waals surface area contributed by atoms with Crippen molar-refractivity contribution >= 4 is 34.8 Å². The molecule has 2 aromatic carbocycles. The third-order valence-electron chi connectivity index (χ3n) is 4.32. The minimum absolute atomic E-state index is 0.0711. The zero-order valence-corrected chi connectivity index (χ0v) is 14.6. The van der Waals surface area contributed by atoms with Crippen LogP contribution in [0.25, 0.3) is 0 Å². The van der Waals surface area contributed by atoms with Crippen LogP contribution in [0.1, 0.15) is 25.3 Å². The highest BCUT2D eigenvalue weighted by atomic mass is 16.2. The highest BCUT2D eigenvalue weighted by Gasteiger charge is 2.22. The number of rotatable bonds is 4. The maximum atomic E-state index is 12.1. The molecule has 1 aliphatic rings. The number of benzene rings is 2. The molecule has 1 heterocycles. The van der Waals surface area contributed by atoms with E-state index in [9.17, 15) is 14.4 Å². The number of hydrogen-bond donors (Lipinski definition) is 2. The van der Waals surface area contributed by atoms with Gasteiger partial charge >= 0.3 is 11.8 Å². The molecule has 0 unspecified atom stereocenters. The number of hydrogen-bond acceptors (Lipinski definition) is 3. The Kier molecular flexibility index (Phi) is 5.31. The van der Waals surface area contributed by atoms with Crippen molar-refractivity contribution in [1.82, 2.24) is 0 Å². The lowest BCUT2D eigenvalue weighted by Crippen LogP contribution is -2.29. The van der Waals surface area contributed by atoms with Gasteiger partial charge in [-0.2, -0.15) is 0 Å². The molecular weight excluding hydrogens is 330 g/mol. The van der Waals surface area contributed by atoms with Crippen LogP contribution in [-0.4, -0.2) is 24.3 Å². The molecule has 1 fully saturated rings. The number of amides is 3. The van der Waals surface area contributed by atoms with E-state index in [2.05, 4.69) is 10.6 Å². The predicted octanol–water partition coefficient (Wildman–Crippen LogP) is 2.95. The van der Waals surface area contributed by atoms with Gasteiger partial charge in [0.2, 0.25) is 5.91 Å². The van der Waals surface area contributed by atoms with Crippen molar-refractivity contribution in [2.75, 3.05) is 22.1 Å². The molecule has 0 aliphatic carbocycles. The maximum Gasteiger partial charge on any atom is 0.314 e. The standard InChI is InChI=1S/C20H21N3O3/c1-2-14-8-10-15(11-9-14)21-19(25)20(26)22-16-5-3-6-17(13-16)23-12-4-7-18(23)24/h3,5-6,8-11,13H,2,4,7,12H2,1H3,(H,21,25)(H,22,26). The van der Waals surface area contributed by atoms with Crippen LogP contribution >= 0.6 is 0 Å². The van der Waals surface area contributed by atoms with Gasteiger partial charge in [0.05, 0.1) is 0 Å². The molecular formula is C20H21N3O3. The summed E-state index contributed by atoms with van der Waals surface area (Å²) in [6, 6.07) is 14.3. The van der Waals surface area contributed by atoms with Crippen molar-refractivity contribution < 1.29 is 14.4 Å². The topological polar surface area (TPSA) is 78.5 Å². The van der Waals surface area contributed by atoms with E-state index in [1.54, 1.807) is 35.2 Å². The van der Waals surface area contributed by atoms with Crippen LogP contribution in [0.2, 0.25) is 0 Å². The van der Waals surface area contributed by atoms with E-state index in [1.807, 2.05) is 25.1 Å². The molecule has 2 aromatic rings. The summed E-state index contributed by atoms with van der Waals surface area (Å²) in [7, 11) is 0. The SMILES string of the molecule is CCc1ccc(NC(=O)C(=O)Nc2cccc(N3CCCC3=O)c2)cc1. The summed E-state index contributed by atoms with van der Waals surface area (Å²) in [4.78, 5) is 37.7. The van der Waals surface area contributed by atoms with Gasteiger partial charge < -0.3 is 15.5 Å². The number of aryl methyl sites for hydroxylation is 1. The zero-order chi connectivity index (χ0) is 18.5. The Balaban J connectivity index is 1.63. The molecule has 6 heteroatoms. The molecule has 0 spiro atoms. The first-order valence-corrected chi connectivity index (χ1v) is 8.68. The summed E-state index contributed by atoms with van der Waals surface area (Å²) in [6.45, 7) is 2.72. The predicted molar refractivity (Wildman–Crippen MR) is 101 cm³/mol. The van der Waals surface area contributed by atoms with Crippen molar-refractivity contribution in [3.05, 3.63) is 54.1 Å². The third kappa shape index (κ3) is 4.08. The number of anilines is 3. The first kappa shape index (κ1) is 17.7. The average Bonchev–Trinajstić information content (AvgIpc) is 3.08. The fourth-order valence-corrected chi connectivity index (χ4v) is 2.87. The van der Waals surface area contributed by atoms with Crippen molar-refractivity contribution in [1.29, 1.82) is 0 Å².